The molecule has 1 N–H and O–H groups in total. The number of allylic oxidation sites excluding steroid dienone is 1. The minimum absolute atomic E-state index is 0.00810. The van der Waals surface area contributed by atoms with E-state index in [9.17, 15) is 13.2 Å². The van der Waals surface area contributed by atoms with Crippen molar-refractivity contribution in [1.82, 2.24) is 0 Å². The second kappa shape index (κ2) is 5.82. The Morgan fingerprint density at radius 3 is 2.56 bits per heavy atom. The fourth-order valence-corrected chi connectivity index (χ4v) is 3.13. The molecule has 0 aromatic heterocycles. The number of carboxylic acid groups (broad SMARTS) is 1. The lowest BCUT2D eigenvalue weighted by atomic mass is 10.1. The van der Waals surface area contributed by atoms with Crippen molar-refractivity contribution >= 4 is 15.8 Å². The van der Waals surface area contributed by atoms with E-state index < -0.39 is 15.8 Å². The quantitative estimate of drug-likeness (QED) is 0.832. The average molecular weight is 268 g/mol. The fraction of sp³-hybridized carbons (Fsp3) is 0.308. The van der Waals surface area contributed by atoms with Gasteiger partial charge in [0.15, 0.2) is 9.84 Å². The number of sulfone groups is 1. The molecule has 0 aliphatic carbocycles. The molecular formula is C13H16O4S. The number of hydrogen-bond acceptors (Lipinski definition) is 3. The first-order chi connectivity index (χ1) is 8.42. The van der Waals surface area contributed by atoms with Crippen molar-refractivity contribution in [3.8, 4) is 0 Å². The number of hydrogen-bond donors (Lipinski definition) is 1. The van der Waals surface area contributed by atoms with Gasteiger partial charge in [-0.2, -0.15) is 0 Å². The molecule has 0 atom stereocenters. The van der Waals surface area contributed by atoms with Gasteiger partial charge < -0.3 is 5.11 Å². The van der Waals surface area contributed by atoms with E-state index >= 15 is 0 Å². The molecule has 0 bridgehead atoms. The van der Waals surface area contributed by atoms with E-state index in [4.69, 9.17) is 5.11 Å². The van der Waals surface area contributed by atoms with Crippen molar-refractivity contribution in [2.24, 2.45) is 0 Å². The van der Waals surface area contributed by atoms with Gasteiger partial charge in [-0.15, -0.1) is 0 Å². The molecule has 1 aromatic rings. The third-order valence-electron chi connectivity index (χ3n) is 2.58. The Morgan fingerprint density at radius 1 is 1.39 bits per heavy atom. The van der Waals surface area contributed by atoms with Crippen molar-refractivity contribution in [3.63, 3.8) is 0 Å². The van der Waals surface area contributed by atoms with Crippen LogP contribution in [0, 0.1) is 0 Å². The molecule has 0 spiro atoms. The van der Waals surface area contributed by atoms with Gasteiger partial charge in [-0.05, 0) is 31.0 Å². The van der Waals surface area contributed by atoms with Crippen molar-refractivity contribution in [3.05, 3.63) is 41.5 Å². The minimum Gasteiger partial charge on any atom is -0.478 e. The van der Waals surface area contributed by atoms with E-state index in [0.29, 0.717) is 12.0 Å². The molecule has 98 valence electrons. The summed E-state index contributed by atoms with van der Waals surface area (Å²) < 4.78 is 24.2. The molecule has 4 nitrogen and oxygen atoms in total. The van der Waals surface area contributed by atoms with Crippen LogP contribution in [0.2, 0.25) is 0 Å². The molecular weight excluding hydrogens is 252 g/mol. The molecule has 0 aliphatic rings. The maximum absolute atomic E-state index is 12.1. The number of carboxylic acids is 1. The molecule has 5 heteroatoms. The lowest BCUT2D eigenvalue weighted by molar-refractivity contribution is 0.0696. The van der Waals surface area contributed by atoms with Gasteiger partial charge >= 0.3 is 5.97 Å². The van der Waals surface area contributed by atoms with E-state index in [1.54, 1.807) is 25.1 Å². The summed E-state index contributed by atoms with van der Waals surface area (Å²) in [4.78, 5) is 11.0. The number of aryl methyl sites for hydroxylation is 1. The maximum atomic E-state index is 12.1. The van der Waals surface area contributed by atoms with Gasteiger partial charge in [-0.25, -0.2) is 13.2 Å². The van der Waals surface area contributed by atoms with Crippen LogP contribution in [-0.2, 0) is 16.3 Å². The van der Waals surface area contributed by atoms with Crippen LogP contribution in [0.25, 0.3) is 0 Å². The zero-order valence-corrected chi connectivity index (χ0v) is 11.2. The van der Waals surface area contributed by atoms with E-state index in [0.717, 1.165) is 0 Å². The highest BCUT2D eigenvalue weighted by molar-refractivity contribution is 7.91. The zero-order chi connectivity index (χ0) is 13.8. The smallest absolute Gasteiger partial charge is 0.335 e. The fourth-order valence-electron chi connectivity index (χ4n) is 1.58. The Bertz CT molecular complexity index is 571. The van der Waals surface area contributed by atoms with Crippen molar-refractivity contribution in [2.75, 3.05) is 5.75 Å². The summed E-state index contributed by atoms with van der Waals surface area (Å²) in [6.07, 6.45) is 3.75. The maximum Gasteiger partial charge on any atom is 0.335 e. The van der Waals surface area contributed by atoms with Crippen LogP contribution < -0.4 is 0 Å². The topological polar surface area (TPSA) is 71.4 Å². The van der Waals surface area contributed by atoms with Crippen LogP contribution in [0.5, 0.6) is 0 Å². The van der Waals surface area contributed by atoms with Crippen LogP contribution >= 0.6 is 0 Å². The Kier molecular flexibility index (Phi) is 4.67. The highest BCUT2D eigenvalue weighted by atomic mass is 32.2. The van der Waals surface area contributed by atoms with Crippen LogP contribution in [0.15, 0.2) is 35.2 Å². The first-order valence-corrected chi connectivity index (χ1v) is 7.27. The van der Waals surface area contributed by atoms with Gasteiger partial charge in [0.1, 0.15) is 0 Å². The van der Waals surface area contributed by atoms with Crippen LogP contribution in [-0.4, -0.2) is 25.2 Å². The third kappa shape index (κ3) is 3.20. The molecule has 18 heavy (non-hydrogen) atoms. The van der Waals surface area contributed by atoms with Crippen molar-refractivity contribution < 1.29 is 18.3 Å². The monoisotopic (exact) mass is 268 g/mol. The molecule has 0 radical (unpaired) electrons. The summed E-state index contributed by atoms with van der Waals surface area (Å²) in [7, 11) is -3.47. The van der Waals surface area contributed by atoms with Gasteiger partial charge in [0.2, 0.25) is 0 Å². The Hall–Kier alpha value is -1.62. The summed E-state index contributed by atoms with van der Waals surface area (Å²) in [5.41, 5.74) is 0.635. The summed E-state index contributed by atoms with van der Waals surface area (Å²) in [6, 6.07) is 4.22. The highest BCUT2D eigenvalue weighted by Crippen LogP contribution is 2.20. The number of rotatable bonds is 5. The summed E-state index contributed by atoms with van der Waals surface area (Å²) in [6.45, 7) is 3.58. The Labute approximate surface area is 107 Å². The molecule has 0 aliphatic heterocycles. The molecule has 0 heterocycles. The first-order valence-electron chi connectivity index (χ1n) is 5.62. The Balaban J connectivity index is 3.36. The zero-order valence-electron chi connectivity index (χ0n) is 10.4. The molecule has 0 saturated heterocycles. The second-order valence-electron chi connectivity index (χ2n) is 3.83. The summed E-state index contributed by atoms with van der Waals surface area (Å²) in [5.74, 6) is -1.24. The second-order valence-corrected chi connectivity index (χ2v) is 5.83. The predicted octanol–water partition coefficient (Wildman–Crippen LogP) is 2.30. The number of aromatic carboxylic acids is 1. The average Bonchev–Trinajstić information content (AvgIpc) is 2.35. The van der Waals surface area contributed by atoms with Gasteiger partial charge in [0.05, 0.1) is 16.2 Å². The molecule has 0 amide bonds. The van der Waals surface area contributed by atoms with E-state index in [-0.39, 0.29) is 16.2 Å². The normalized spacial score (nSPS) is 11.9. The SMILES string of the molecule is C/C=C/CS(=O)(=O)c1cc(C(=O)O)ccc1CC. The van der Waals surface area contributed by atoms with Crippen molar-refractivity contribution in [1.29, 1.82) is 0 Å². The molecule has 0 saturated carbocycles. The van der Waals surface area contributed by atoms with Crippen molar-refractivity contribution in [2.45, 2.75) is 25.2 Å². The van der Waals surface area contributed by atoms with Gasteiger partial charge in [0.25, 0.3) is 0 Å². The summed E-state index contributed by atoms with van der Waals surface area (Å²) >= 11 is 0. The minimum atomic E-state index is -3.47. The number of benzene rings is 1. The third-order valence-corrected chi connectivity index (χ3v) is 4.26. The number of carbonyl (C=O) groups is 1. The first kappa shape index (κ1) is 14.4. The summed E-state index contributed by atoms with van der Waals surface area (Å²) in [5, 5.41) is 8.91. The molecule has 0 unspecified atom stereocenters. The molecule has 1 rings (SSSR count). The van der Waals surface area contributed by atoms with Gasteiger partial charge in [-0.3, -0.25) is 0 Å². The Morgan fingerprint density at radius 2 is 2.06 bits per heavy atom. The van der Waals surface area contributed by atoms with Gasteiger partial charge in [-0.1, -0.05) is 25.1 Å². The van der Waals surface area contributed by atoms with Crippen LogP contribution in [0.3, 0.4) is 0 Å². The van der Waals surface area contributed by atoms with Crippen LogP contribution in [0.1, 0.15) is 29.8 Å². The lowest BCUT2D eigenvalue weighted by Gasteiger charge is -2.08. The largest absolute Gasteiger partial charge is 0.478 e. The predicted molar refractivity (Wildman–Crippen MR) is 69.6 cm³/mol. The van der Waals surface area contributed by atoms with E-state index in [1.165, 1.54) is 12.1 Å². The molecule has 1 aromatic carbocycles. The standard InChI is InChI=1S/C13H16O4S/c1-3-5-8-18(16,17)12-9-11(13(14)15)7-6-10(12)4-2/h3,5-7,9H,4,8H2,1-2H3,(H,14,15)/b5-3+. The van der Waals surface area contributed by atoms with Gasteiger partial charge in [0, 0.05) is 0 Å². The van der Waals surface area contributed by atoms with E-state index in [2.05, 4.69) is 0 Å². The van der Waals surface area contributed by atoms with E-state index in [1.807, 2.05) is 6.92 Å². The van der Waals surface area contributed by atoms with Crippen LogP contribution in [0.4, 0.5) is 0 Å². The molecule has 0 fully saturated rings. The lowest BCUT2D eigenvalue weighted by Crippen LogP contribution is -2.10. The highest BCUT2D eigenvalue weighted by Gasteiger charge is 2.18.